The van der Waals surface area contributed by atoms with Crippen molar-refractivity contribution in [3.63, 3.8) is 0 Å². The largest absolute Gasteiger partial charge is 0.347 e. The van der Waals surface area contributed by atoms with Gasteiger partial charge >= 0.3 is 0 Å². The first-order valence-corrected chi connectivity index (χ1v) is 8.93. The van der Waals surface area contributed by atoms with Crippen molar-refractivity contribution in [3.8, 4) is 0 Å². The van der Waals surface area contributed by atoms with Gasteiger partial charge in [-0.2, -0.15) is 4.37 Å². The number of imidazole rings is 1. The molecule has 0 radical (unpaired) electrons. The summed E-state index contributed by atoms with van der Waals surface area (Å²) in [5, 5.41) is 1.10. The number of rotatable bonds is 5. The quantitative estimate of drug-likeness (QED) is 0.850. The topological polar surface area (TPSA) is 46.8 Å². The monoisotopic (exact) mass is 319 g/mol. The van der Waals surface area contributed by atoms with Crippen molar-refractivity contribution in [2.45, 2.75) is 39.5 Å². The number of anilines is 1. The molecule has 5 nitrogen and oxygen atoms in total. The second-order valence-corrected chi connectivity index (χ2v) is 7.43. The van der Waals surface area contributed by atoms with E-state index in [1.54, 1.807) is 11.5 Å². The van der Waals surface area contributed by atoms with Gasteiger partial charge in [-0.25, -0.2) is 9.97 Å². The van der Waals surface area contributed by atoms with Crippen LogP contribution in [0.25, 0.3) is 0 Å². The van der Waals surface area contributed by atoms with Gasteiger partial charge in [-0.3, -0.25) is 0 Å². The van der Waals surface area contributed by atoms with Gasteiger partial charge in [0.2, 0.25) is 5.13 Å². The molecule has 1 fully saturated rings. The van der Waals surface area contributed by atoms with E-state index in [0.717, 1.165) is 36.9 Å². The van der Waals surface area contributed by atoms with E-state index in [4.69, 9.17) is 4.98 Å². The van der Waals surface area contributed by atoms with E-state index in [1.165, 1.54) is 18.7 Å². The fourth-order valence-corrected chi connectivity index (χ4v) is 3.81. The summed E-state index contributed by atoms with van der Waals surface area (Å²) in [4.78, 5) is 11.6. The Morgan fingerprint density at radius 1 is 1.41 bits per heavy atom. The maximum atomic E-state index is 4.74. The lowest BCUT2D eigenvalue weighted by Crippen LogP contribution is -2.36. The lowest BCUT2D eigenvalue weighted by molar-refractivity contribution is 0.402. The molecule has 22 heavy (non-hydrogen) atoms. The summed E-state index contributed by atoms with van der Waals surface area (Å²) in [6.45, 7) is 6.60. The van der Waals surface area contributed by atoms with Crippen LogP contribution in [0.15, 0.2) is 12.4 Å². The molecule has 0 bridgehead atoms. The zero-order valence-corrected chi connectivity index (χ0v) is 14.5. The normalized spacial score (nSPS) is 19.1. The number of aryl methyl sites for hydroxylation is 1. The lowest BCUT2D eigenvalue weighted by Gasteiger charge is -2.32. The number of aromatic nitrogens is 4. The van der Waals surface area contributed by atoms with Crippen LogP contribution in [0.5, 0.6) is 0 Å². The second-order valence-electron chi connectivity index (χ2n) is 6.70. The Kier molecular flexibility index (Phi) is 4.76. The van der Waals surface area contributed by atoms with Crippen molar-refractivity contribution in [1.29, 1.82) is 0 Å². The Balaban J connectivity index is 1.62. The molecule has 0 spiro atoms. The molecule has 3 rings (SSSR count). The van der Waals surface area contributed by atoms with Crippen LogP contribution < -0.4 is 4.90 Å². The molecule has 1 saturated heterocycles. The Labute approximate surface area is 136 Å². The van der Waals surface area contributed by atoms with Gasteiger partial charge in [-0.05, 0) is 24.7 Å². The minimum absolute atomic E-state index is 0.611. The third-order valence-electron chi connectivity index (χ3n) is 4.23. The molecule has 0 saturated carbocycles. The zero-order chi connectivity index (χ0) is 15.5. The Morgan fingerprint density at radius 3 is 3.00 bits per heavy atom. The molecule has 1 unspecified atom stereocenters. The highest BCUT2D eigenvalue weighted by atomic mass is 32.1. The predicted molar refractivity (Wildman–Crippen MR) is 90.3 cm³/mol. The Morgan fingerprint density at radius 2 is 2.27 bits per heavy atom. The van der Waals surface area contributed by atoms with Crippen molar-refractivity contribution in [2.75, 3.05) is 18.0 Å². The van der Waals surface area contributed by atoms with Crippen molar-refractivity contribution < 1.29 is 0 Å². The molecule has 6 heteroatoms. The molecule has 2 aromatic rings. The minimum atomic E-state index is 0.611. The molecule has 3 heterocycles. The number of hydrogen-bond acceptors (Lipinski definition) is 5. The van der Waals surface area contributed by atoms with E-state index in [1.807, 2.05) is 12.4 Å². The second kappa shape index (κ2) is 6.77. The highest BCUT2D eigenvalue weighted by Gasteiger charge is 2.24. The molecule has 120 valence electrons. The summed E-state index contributed by atoms with van der Waals surface area (Å²) in [7, 11) is 2.08. The van der Waals surface area contributed by atoms with Gasteiger partial charge in [0.05, 0.1) is 0 Å². The van der Waals surface area contributed by atoms with Crippen LogP contribution >= 0.6 is 11.5 Å². The molecule has 0 aromatic carbocycles. The number of nitrogens with zero attached hydrogens (tertiary/aromatic N) is 5. The van der Waals surface area contributed by atoms with Gasteiger partial charge in [0.25, 0.3) is 0 Å². The molecule has 1 atom stereocenters. The molecule has 1 aliphatic heterocycles. The van der Waals surface area contributed by atoms with Gasteiger partial charge < -0.3 is 9.47 Å². The van der Waals surface area contributed by atoms with Gasteiger partial charge in [-0.15, -0.1) is 0 Å². The predicted octanol–water partition coefficient (Wildman–Crippen LogP) is 2.93. The molecular weight excluding hydrogens is 294 g/mol. The van der Waals surface area contributed by atoms with Crippen molar-refractivity contribution in [2.24, 2.45) is 18.9 Å². The third kappa shape index (κ3) is 3.66. The third-order valence-corrected chi connectivity index (χ3v) is 5.04. The maximum Gasteiger partial charge on any atom is 0.205 e. The van der Waals surface area contributed by atoms with Crippen LogP contribution in [0, 0.1) is 11.8 Å². The summed E-state index contributed by atoms with van der Waals surface area (Å²) < 4.78 is 6.65. The van der Waals surface area contributed by atoms with Gasteiger partial charge in [0.1, 0.15) is 11.6 Å². The molecule has 0 amide bonds. The maximum absolute atomic E-state index is 4.74. The summed E-state index contributed by atoms with van der Waals surface area (Å²) >= 11 is 1.56. The lowest BCUT2D eigenvalue weighted by atomic mass is 9.95. The summed E-state index contributed by atoms with van der Waals surface area (Å²) in [6.07, 6.45) is 8.45. The van der Waals surface area contributed by atoms with Crippen molar-refractivity contribution in [1.82, 2.24) is 18.9 Å². The van der Waals surface area contributed by atoms with Gasteiger partial charge in [-0.1, -0.05) is 13.8 Å². The molecule has 0 N–H and O–H groups in total. The average Bonchev–Trinajstić information content (AvgIpc) is 3.09. The number of hydrogen-bond donors (Lipinski definition) is 0. The van der Waals surface area contributed by atoms with E-state index in [-0.39, 0.29) is 0 Å². The first-order chi connectivity index (χ1) is 10.6. The van der Waals surface area contributed by atoms with Gasteiger partial charge in [0, 0.05) is 56.9 Å². The zero-order valence-electron chi connectivity index (χ0n) is 13.7. The SMILES string of the molecule is CC(C)Cc1nsc(N2CCCC(Cc3nccn3C)C2)n1. The summed E-state index contributed by atoms with van der Waals surface area (Å²) in [5.41, 5.74) is 0. The van der Waals surface area contributed by atoms with Crippen LogP contribution in [0.1, 0.15) is 38.3 Å². The fraction of sp³-hybridized carbons (Fsp3) is 0.688. The minimum Gasteiger partial charge on any atom is -0.347 e. The Hall–Kier alpha value is -1.43. The summed E-state index contributed by atoms with van der Waals surface area (Å²) in [5.74, 6) is 3.46. The fourth-order valence-electron chi connectivity index (χ4n) is 3.08. The van der Waals surface area contributed by atoms with Crippen LogP contribution in [0.4, 0.5) is 5.13 Å². The molecule has 1 aliphatic rings. The van der Waals surface area contributed by atoms with Crippen LogP contribution in [-0.4, -0.2) is 32.0 Å². The van der Waals surface area contributed by atoms with Crippen molar-refractivity contribution in [3.05, 3.63) is 24.0 Å². The van der Waals surface area contributed by atoms with E-state index < -0.39 is 0 Å². The van der Waals surface area contributed by atoms with Gasteiger partial charge in [0.15, 0.2) is 0 Å². The first-order valence-electron chi connectivity index (χ1n) is 8.15. The molecule has 2 aromatic heterocycles. The molecular formula is C16H25N5S. The molecule has 0 aliphatic carbocycles. The Bertz CT molecular complexity index is 603. The average molecular weight is 319 g/mol. The highest BCUT2D eigenvalue weighted by Crippen LogP contribution is 2.26. The van der Waals surface area contributed by atoms with Crippen molar-refractivity contribution >= 4 is 16.7 Å². The smallest absolute Gasteiger partial charge is 0.205 e. The van der Waals surface area contributed by atoms with Crippen LogP contribution in [-0.2, 0) is 19.9 Å². The highest BCUT2D eigenvalue weighted by molar-refractivity contribution is 7.09. The van der Waals surface area contributed by atoms with Crippen LogP contribution in [0.2, 0.25) is 0 Å². The number of piperidine rings is 1. The van der Waals surface area contributed by atoms with E-state index >= 15 is 0 Å². The van der Waals surface area contributed by atoms with Crippen LogP contribution in [0.3, 0.4) is 0 Å². The summed E-state index contributed by atoms with van der Waals surface area (Å²) in [6, 6.07) is 0. The standard InChI is InChI=1S/C16H25N5S/c1-12(2)9-14-18-16(22-19-14)21-7-4-5-13(11-21)10-15-17-6-8-20(15)3/h6,8,12-13H,4-5,7,9-11H2,1-3H3. The van der Waals surface area contributed by atoms with E-state index in [0.29, 0.717) is 11.8 Å². The van der Waals surface area contributed by atoms with E-state index in [2.05, 4.69) is 39.7 Å². The van der Waals surface area contributed by atoms with E-state index in [9.17, 15) is 0 Å². The first kappa shape index (κ1) is 15.5.